The highest BCUT2D eigenvalue weighted by molar-refractivity contribution is 5.75. The molecule has 0 spiro atoms. The molecule has 0 saturated carbocycles. The molecule has 1 fully saturated rings. The first kappa shape index (κ1) is 22.9. The highest BCUT2D eigenvalue weighted by Crippen LogP contribution is 2.35. The van der Waals surface area contributed by atoms with Crippen molar-refractivity contribution in [1.29, 1.82) is 0 Å². The van der Waals surface area contributed by atoms with Gasteiger partial charge >= 0.3 is 6.18 Å². The number of ether oxygens (including phenoxy) is 1. The fraction of sp³-hybridized carbons (Fsp3) is 0.269. The van der Waals surface area contributed by atoms with Gasteiger partial charge in [0.25, 0.3) is 0 Å². The summed E-state index contributed by atoms with van der Waals surface area (Å²) in [5.41, 5.74) is 2.26. The number of halogens is 3. The SMILES string of the molecule is COc1ccc(-c2cncnc2N2CCC(c3nc(-c4cccc(C(F)(F)F)c4)c[nH]3)CC2)cc1. The number of methoxy groups -OCH3 is 1. The van der Waals surface area contributed by atoms with E-state index in [2.05, 4.69) is 24.8 Å². The number of imidazole rings is 1. The topological polar surface area (TPSA) is 66.9 Å². The van der Waals surface area contributed by atoms with E-state index < -0.39 is 11.7 Å². The van der Waals surface area contributed by atoms with Crippen molar-refractivity contribution < 1.29 is 17.9 Å². The molecule has 4 aromatic rings. The van der Waals surface area contributed by atoms with Crippen LogP contribution in [-0.2, 0) is 6.18 Å². The van der Waals surface area contributed by atoms with Crippen molar-refractivity contribution in [2.24, 2.45) is 0 Å². The number of nitrogens with zero attached hydrogens (tertiary/aromatic N) is 4. The van der Waals surface area contributed by atoms with Gasteiger partial charge in [0.1, 0.15) is 23.7 Å². The highest BCUT2D eigenvalue weighted by atomic mass is 19.4. The molecule has 1 N–H and O–H groups in total. The Labute approximate surface area is 200 Å². The van der Waals surface area contributed by atoms with Crippen LogP contribution in [0.15, 0.2) is 67.3 Å². The zero-order valence-corrected chi connectivity index (χ0v) is 19.1. The second-order valence-electron chi connectivity index (χ2n) is 8.50. The Morgan fingerprint density at radius 1 is 1.03 bits per heavy atom. The Morgan fingerprint density at radius 3 is 2.51 bits per heavy atom. The number of hydrogen-bond donors (Lipinski definition) is 1. The maximum Gasteiger partial charge on any atom is 0.416 e. The Hall–Kier alpha value is -3.88. The molecular weight excluding hydrogens is 455 g/mol. The standard InChI is InChI=1S/C26H24F3N5O/c1-35-21-7-5-17(6-8-21)22-14-30-16-32-25(22)34-11-9-18(10-12-34)24-31-15-23(33-24)19-3-2-4-20(13-19)26(27,28)29/h2-8,13-16,18H,9-12H2,1H3,(H,31,33). The molecule has 0 bridgehead atoms. The summed E-state index contributed by atoms with van der Waals surface area (Å²) in [6.07, 6.45) is 2.38. The molecule has 5 rings (SSSR count). The summed E-state index contributed by atoms with van der Waals surface area (Å²) in [6, 6.07) is 13.1. The fourth-order valence-corrected chi connectivity index (χ4v) is 4.46. The molecule has 0 aliphatic carbocycles. The molecule has 0 atom stereocenters. The van der Waals surface area contributed by atoms with Gasteiger partial charge in [0.2, 0.25) is 0 Å². The Morgan fingerprint density at radius 2 is 1.80 bits per heavy atom. The van der Waals surface area contributed by atoms with Gasteiger partial charge in [-0.2, -0.15) is 13.2 Å². The zero-order chi connectivity index (χ0) is 24.4. The lowest BCUT2D eigenvalue weighted by molar-refractivity contribution is -0.137. The highest BCUT2D eigenvalue weighted by Gasteiger charge is 2.31. The van der Waals surface area contributed by atoms with Crippen LogP contribution < -0.4 is 9.64 Å². The van der Waals surface area contributed by atoms with Crippen LogP contribution >= 0.6 is 0 Å². The molecule has 0 amide bonds. The first-order valence-electron chi connectivity index (χ1n) is 11.3. The van der Waals surface area contributed by atoms with Crippen LogP contribution in [0.3, 0.4) is 0 Å². The van der Waals surface area contributed by atoms with Crippen molar-refractivity contribution in [3.05, 3.63) is 78.6 Å². The Bertz CT molecular complexity index is 1290. The lowest BCUT2D eigenvalue weighted by atomic mass is 9.95. The molecule has 1 saturated heterocycles. The summed E-state index contributed by atoms with van der Waals surface area (Å²) in [5.74, 6) is 2.66. The minimum atomic E-state index is -4.38. The van der Waals surface area contributed by atoms with E-state index in [4.69, 9.17) is 4.74 Å². The third kappa shape index (κ3) is 4.84. The molecule has 180 valence electrons. The molecule has 1 aliphatic rings. The molecule has 1 aliphatic heterocycles. The predicted octanol–water partition coefficient (Wildman–Crippen LogP) is 5.95. The molecule has 0 unspecified atom stereocenters. The Kier molecular flexibility index (Phi) is 6.15. The molecule has 35 heavy (non-hydrogen) atoms. The maximum atomic E-state index is 13.1. The van der Waals surface area contributed by atoms with Crippen LogP contribution in [0.5, 0.6) is 5.75 Å². The summed E-state index contributed by atoms with van der Waals surface area (Å²) in [7, 11) is 1.64. The number of hydrogen-bond acceptors (Lipinski definition) is 5. The molecule has 2 aromatic carbocycles. The third-order valence-electron chi connectivity index (χ3n) is 6.36. The van der Waals surface area contributed by atoms with Crippen molar-refractivity contribution in [2.75, 3.05) is 25.1 Å². The molecule has 2 aromatic heterocycles. The Balaban J connectivity index is 1.30. The summed E-state index contributed by atoms with van der Waals surface area (Å²) in [4.78, 5) is 18.8. The quantitative estimate of drug-likeness (QED) is 0.383. The summed E-state index contributed by atoms with van der Waals surface area (Å²) in [5, 5.41) is 0. The van der Waals surface area contributed by atoms with Crippen molar-refractivity contribution in [3.8, 4) is 28.1 Å². The van der Waals surface area contributed by atoms with Crippen molar-refractivity contribution in [1.82, 2.24) is 19.9 Å². The molecule has 9 heteroatoms. The molecular formula is C26H24F3N5O. The predicted molar refractivity (Wildman–Crippen MR) is 127 cm³/mol. The molecule has 3 heterocycles. The van der Waals surface area contributed by atoms with Gasteiger partial charge in [-0.1, -0.05) is 24.3 Å². The second kappa shape index (κ2) is 9.40. The van der Waals surface area contributed by atoms with E-state index in [1.165, 1.54) is 6.07 Å². The number of rotatable bonds is 5. The summed E-state index contributed by atoms with van der Waals surface area (Å²) < 4.78 is 44.5. The van der Waals surface area contributed by atoms with E-state index in [0.29, 0.717) is 11.3 Å². The van der Waals surface area contributed by atoms with Crippen molar-refractivity contribution in [2.45, 2.75) is 24.9 Å². The number of nitrogens with one attached hydrogen (secondary N) is 1. The molecule has 6 nitrogen and oxygen atoms in total. The van der Waals surface area contributed by atoms with Crippen LogP contribution in [0.4, 0.5) is 19.0 Å². The van der Waals surface area contributed by atoms with E-state index in [-0.39, 0.29) is 5.92 Å². The fourth-order valence-electron chi connectivity index (χ4n) is 4.46. The molecule has 0 radical (unpaired) electrons. The van der Waals surface area contributed by atoms with Gasteiger partial charge < -0.3 is 14.6 Å². The van der Waals surface area contributed by atoms with Crippen LogP contribution in [0, 0.1) is 0 Å². The lowest BCUT2D eigenvalue weighted by Crippen LogP contribution is -2.34. The van der Waals surface area contributed by atoms with Gasteiger partial charge in [0.15, 0.2) is 0 Å². The minimum absolute atomic E-state index is 0.192. The van der Waals surface area contributed by atoms with E-state index in [1.807, 2.05) is 30.5 Å². The smallest absolute Gasteiger partial charge is 0.416 e. The van der Waals surface area contributed by atoms with E-state index in [1.54, 1.807) is 25.7 Å². The zero-order valence-electron chi connectivity index (χ0n) is 19.1. The van der Waals surface area contributed by atoms with Crippen LogP contribution in [-0.4, -0.2) is 40.1 Å². The summed E-state index contributed by atoms with van der Waals surface area (Å²) >= 11 is 0. The van der Waals surface area contributed by atoms with E-state index >= 15 is 0 Å². The number of aromatic nitrogens is 4. The second-order valence-corrected chi connectivity index (χ2v) is 8.50. The van der Waals surface area contributed by atoms with Gasteiger partial charge in [0.05, 0.1) is 18.4 Å². The van der Waals surface area contributed by atoms with E-state index in [9.17, 15) is 13.2 Å². The van der Waals surface area contributed by atoms with Gasteiger partial charge in [-0.3, -0.25) is 0 Å². The van der Waals surface area contributed by atoms with Gasteiger partial charge in [0, 0.05) is 42.5 Å². The number of piperidine rings is 1. The summed E-state index contributed by atoms with van der Waals surface area (Å²) in [6.45, 7) is 1.56. The first-order valence-corrected chi connectivity index (χ1v) is 11.3. The van der Waals surface area contributed by atoms with Crippen molar-refractivity contribution in [3.63, 3.8) is 0 Å². The lowest BCUT2D eigenvalue weighted by Gasteiger charge is -2.33. The minimum Gasteiger partial charge on any atom is -0.497 e. The normalized spacial score (nSPS) is 14.8. The number of aromatic amines is 1. The number of H-pyrrole nitrogens is 1. The maximum absolute atomic E-state index is 13.1. The largest absolute Gasteiger partial charge is 0.497 e. The third-order valence-corrected chi connectivity index (χ3v) is 6.36. The monoisotopic (exact) mass is 479 g/mol. The van der Waals surface area contributed by atoms with Gasteiger partial charge in [-0.05, 0) is 42.7 Å². The number of benzene rings is 2. The number of anilines is 1. The number of alkyl halides is 3. The van der Waals surface area contributed by atoms with Gasteiger partial charge in [-0.15, -0.1) is 0 Å². The van der Waals surface area contributed by atoms with Gasteiger partial charge in [-0.25, -0.2) is 15.0 Å². The van der Waals surface area contributed by atoms with Crippen LogP contribution in [0.1, 0.15) is 30.1 Å². The van der Waals surface area contributed by atoms with E-state index in [0.717, 1.165) is 66.6 Å². The van der Waals surface area contributed by atoms with Crippen molar-refractivity contribution >= 4 is 5.82 Å². The average molecular weight is 480 g/mol. The average Bonchev–Trinajstić information content (AvgIpc) is 3.39. The first-order chi connectivity index (χ1) is 16.9. The van der Waals surface area contributed by atoms with Crippen LogP contribution in [0.25, 0.3) is 22.4 Å². The van der Waals surface area contributed by atoms with Crippen LogP contribution in [0.2, 0.25) is 0 Å².